The zero-order chi connectivity index (χ0) is 49.5. The first-order valence-corrected chi connectivity index (χ1v) is 23.2. The Morgan fingerprint density at radius 3 is 2.33 bits per heavy atom. The van der Waals surface area contributed by atoms with Crippen LogP contribution in [0.3, 0.4) is 0 Å². The van der Waals surface area contributed by atoms with Crippen LogP contribution in [0, 0.1) is 5.82 Å². The van der Waals surface area contributed by atoms with Gasteiger partial charge in [0.05, 0.1) is 55.8 Å². The number of piperidine rings is 1. The molecule has 0 radical (unpaired) electrons. The highest BCUT2D eigenvalue weighted by Crippen LogP contribution is 2.42. The van der Waals surface area contributed by atoms with E-state index >= 15 is 4.39 Å². The lowest BCUT2D eigenvalue weighted by atomic mass is 9.96. The number of ether oxygens (including phenoxy) is 3. The minimum Gasteiger partial charge on any atom is -0.508 e. The standard InChI is InChI=1S/C48H52ClFN10O10/c1-57(18-20-69-22-24-70-23-21-68-19-13-52-35-8-4-7-31-40(35)46(66)60(45(31)65)36-9-10-37(62)54-44(36)64)38(63)11-12-53-48-55-42-33(43(56-48)58-14-16-59(17-15-58)47(51)67)27-34(49)39(41(42)50)32-26-29(61)25-28-5-2-3-6-30(28)32/h2-8,25-27,36,52,61H,9-24H2,1H3,(H2,51,67)(H,53,55,56)(H,54,62,64). The number of anilines is 3. The quantitative estimate of drug-likeness (QED) is 0.0547. The summed E-state index contributed by atoms with van der Waals surface area (Å²) in [5, 5.41) is 20.8. The van der Waals surface area contributed by atoms with Crippen LogP contribution in [0.1, 0.15) is 40.0 Å². The molecule has 0 saturated carbocycles. The number of urea groups is 1. The number of rotatable bonds is 20. The van der Waals surface area contributed by atoms with Gasteiger partial charge in [0.1, 0.15) is 23.1 Å². The molecule has 3 aliphatic heterocycles. The molecule has 0 bridgehead atoms. The predicted octanol–water partition coefficient (Wildman–Crippen LogP) is 3.97. The van der Waals surface area contributed by atoms with Gasteiger partial charge >= 0.3 is 6.03 Å². The molecule has 4 heterocycles. The molecule has 1 atom stereocenters. The number of halogens is 2. The Labute approximate surface area is 406 Å². The molecule has 5 aromatic rings. The fourth-order valence-corrected chi connectivity index (χ4v) is 8.94. The van der Waals surface area contributed by atoms with Crippen molar-refractivity contribution in [3.8, 4) is 16.9 Å². The van der Waals surface area contributed by atoms with Crippen LogP contribution >= 0.6 is 11.6 Å². The first-order valence-electron chi connectivity index (χ1n) is 22.8. The van der Waals surface area contributed by atoms with Crippen LogP contribution in [-0.2, 0) is 28.6 Å². The van der Waals surface area contributed by atoms with Gasteiger partial charge in [-0.15, -0.1) is 0 Å². The Balaban J connectivity index is 0.765. The summed E-state index contributed by atoms with van der Waals surface area (Å²) in [6.45, 7) is 3.89. The summed E-state index contributed by atoms with van der Waals surface area (Å²) in [4.78, 5) is 90.4. The van der Waals surface area contributed by atoms with Gasteiger partial charge in [-0.3, -0.25) is 34.2 Å². The van der Waals surface area contributed by atoms with Gasteiger partial charge in [-0.25, -0.2) is 14.2 Å². The number of aromatic hydroxyl groups is 1. The topological polar surface area (TPSA) is 251 Å². The van der Waals surface area contributed by atoms with Gasteiger partial charge in [0.2, 0.25) is 23.7 Å². The fraction of sp³-hybridized carbons (Fsp3) is 0.375. The Kier molecular flexibility index (Phi) is 15.5. The maximum Gasteiger partial charge on any atom is 0.314 e. The summed E-state index contributed by atoms with van der Waals surface area (Å²) >= 11 is 6.84. The number of nitrogens with one attached hydrogen (secondary N) is 3. The number of imide groups is 2. The number of carbonyl (C=O) groups is 6. The molecule has 6 N–H and O–H groups in total. The predicted molar refractivity (Wildman–Crippen MR) is 257 cm³/mol. The van der Waals surface area contributed by atoms with Crippen molar-refractivity contribution in [1.29, 1.82) is 0 Å². The van der Waals surface area contributed by atoms with Gasteiger partial charge in [-0.2, -0.15) is 4.98 Å². The normalized spacial score (nSPS) is 16.0. The van der Waals surface area contributed by atoms with Crippen LogP contribution in [0.15, 0.2) is 60.7 Å². The molecule has 2 fully saturated rings. The van der Waals surface area contributed by atoms with Crippen molar-refractivity contribution in [2.24, 2.45) is 5.73 Å². The zero-order valence-corrected chi connectivity index (χ0v) is 39.1. The Morgan fingerprint density at radius 2 is 1.59 bits per heavy atom. The first-order chi connectivity index (χ1) is 33.8. The van der Waals surface area contributed by atoms with Crippen molar-refractivity contribution in [1.82, 2.24) is 30.0 Å². The molecule has 2 saturated heterocycles. The summed E-state index contributed by atoms with van der Waals surface area (Å²) in [6.07, 6.45) is 0.181. The monoisotopic (exact) mass is 982 g/mol. The second-order valence-electron chi connectivity index (χ2n) is 16.8. The number of benzene rings is 4. The van der Waals surface area contributed by atoms with E-state index in [1.54, 1.807) is 31.3 Å². The number of likely N-dealkylation sites (N-methyl/N-ethyl adjacent to an activating group) is 1. The summed E-state index contributed by atoms with van der Waals surface area (Å²) in [6, 6.07) is 15.2. The van der Waals surface area contributed by atoms with Gasteiger partial charge in [-0.05, 0) is 53.1 Å². The van der Waals surface area contributed by atoms with E-state index in [0.29, 0.717) is 92.3 Å². The second kappa shape index (κ2) is 22.0. The van der Waals surface area contributed by atoms with E-state index in [4.69, 9.17) is 36.5 Å². The van der Waals surface area contributed by atoms with Crippen LogP contribution in [0.4, 0.5) is 26.6 Å². The van der Waals surface area contributed by atoms with Crippen LogP contribution in [-0.4, -0.2) is 164 Å². The average molecular weight is 983 g/mol. The molecule has 0 aliphatic carbocycles. The number of piperazine rings is 1. The van der Waals surface area contributed by atoms with E-state index < -0.39 is 41.5 Å². The van der Waals surface area contributed by atoms with E-state index in [0.717, 1.165) is 4.90 Å². The maximum atomic E-state index is 16.9. The number of amides is 7. The molecule has 8 rings (SSSR count). The zero-order valence-electron chi connectivity index (χ0n) is 38.3. The third-order valence-electron chi connectivity index (χ3n) is 12.3. The summed E-state index contributed by atoms with van der Waals surface area (Å²) in [5.74, 6) is -2.75. The van der Waals surface area contributed by atoms with Crippen LogP contribution in [0.25, 0.3) is 32.8 Å². The van der Waals surface area contributed by atoms with Gasteiger partial charge in [0.25, 0.3) is 11.8 Å². The number of carbonyl (C=O) groups excluding carboxylic acids is 6. The van der Waals surface area contributed by atoms with Gasteiger partial charge in [0.15, 0.2) is 5.82 Å². The lowest BCUT2D eigenvalue weighted by molar-refractivity contribution is -0.136. The Hall–Kier alpha value is -7.20. The van der Waals surface area contributed by atoms with Crippen molar-refractivity contribution in [2.45, 2.75) is 25.3 Å². The minimum absolute atomic E-state index is 0.0171. The molecule has 3 aliphatic rings. The number of hydrogen-bond acceptors (Lipinski definition) is 15. The van der Waals surface area contributed by atoms with E-state index in [1.807, 2.05) is 29.2 Å². The smallest absolute Gasteiger partial charge is 0.314 e. The number of aromatic nitrogens is 2. The van der Waals surface area contributed by atoms with Crippen molar-refractivity contribution < 1.29 is 52.5 Å². The summed E-state index contributed by atoms with van der Waals surface area (Å²) < 4.78 is 33.8. The Morgan fingerprint density at radius 1 is 0.857 bits per heavy atom. The average Bonchev–Trinajstić information content (AvgIpc) is 3.60. The van der Waals surface area contributed by atoms with Crippen molar-refractivity contribution in [2.75, 3.05) is 108 Å². The maximum absolute atomic E-state index is 16.9. The molecule has 20 nitrogen and oxygen atoms in total. The number of hydrogen-bond donors (Lipinski definition) is 5. The number of nitrogens with two attached hydrogens (primary N) is 1. The number of phenolic OH excluding ortho intramolecular Hbond substituents is 1. The highest BCUT2D eigenvalue weighted by Gasteiger charge is 2.45. The lowest BCUT2D eigenvalue weighted by Crippen LogP contribution is -2.54. The van der Waals surface area contributed by atoms with E-state index in [9.17, 15) is 33.9 Å². The number of nitrogens with zero attached hydrogens (tertiary/aromatic N) is 6. The van der Waals surface area contributed by atoms with Gasteiger partial charge in [-0.1, -0.05) is 41.9 Å². The molecule has 0 spiro atoms. The molecule has 70 heavy (non-hydrogen) atoms. The van der Waals surface area contributed by atoms with Crippen LogP contribution in [0.2, 0.25) is 5.02 Å². The second-order valence-corrected chi connectivity index (χ2v) is 17.2. The number of primary amides is 1. The van der Waals surface area contributed by atoms with Crippen LogP contribution < -0.4 is 26.6 Å². The Bertz CT molecular complexity index is 2850. The third kappa shape index (κ3) is 10.8. The van der Waals surface area contributed by atoms with E-state index in [-0.39, 0.29) is 90.5 Å². The van der Waals surface area contributed by atoms with Crippen molar-refractivity contribution in [3.05, 3.63) is 82.6 Å². The molecule has 22 heteroatoms. The highest BCUT2D eigenvalue weighted by atomic mass is 35.5. The number of fused-ring (bicyclic) bond motifs is 3. The molecule has 7 amide bonds. The largest absolute Gasteiger partial charge is 0.508 e. The molecule has 4 aromatic carbocycles. The number of phenols is 1. The molecular weight excluding hydrogens is 931 g/mol. The lowest BCUT2D eigenvalue weighted by Gasteiger charge is -2.35. The molecule has 368 valence electrons. The first kappa shape index (κ1) is 49.2. The van der Waals surface area contributed by atoms with E-state index in [2.05, 4.69) is 20.9 Å². The molecular formula is C48H52ClFN10O10. The fourth-order valence-electron chi connectivity index (χ4n) is 8.65. The van der Waals surface area contributed by atoms with Gasteiger partial charge in [0, 0.05) is 82.3 Å². The van der Waals surface area contributed by atoms with Gasteiger partial charge < -0.3 is 50.4 Å². The SMILES string of the molecule is CN(CCOCCOCCOCCNc1cccc2c1C(=O)N(C1CCC(=O)NC1=O)C2=O)C(=O)CCNc1nc(N2CCN(C(N)=O)CC2)c2cc(Cl)c(-c3cc(O)cc4ccccc34)c(F)c2n1. The highest BCUT2D eigenvalue weighted by molar-refractivity contribution is 6.35. The molecule has 1 aromatic heterocycles. The van der Waals surface area contributed by atoms with Crippen molar-refractivity contribution >= 4 is 86.3 Å². The minimum atomic E-state index is -1.05. The van der Waals surface area contributed by atoms with Crippen LogP contribution in [0.5, 0.6) is 5.75 Å². The van der Waals surface area contributed by atoms with E-state index in [1.165, 1.54) is 21.9 Å². The van der Waals surface area contributed by atoms with Crippen molar-refractivity contribution in [3.63, 3.8) is 0 Å². The third-order valence-corrected chi connectivity index (χ3v) is 12.6. The summed E-state index contributed by atoms with van der Waals surface area (Å²) in [5.41, 5.74) is 6.76. The molecule has 1 unspecified atom stereocenters. The summed E-state index contributed by atoms with van der Waals surface area (Å²) in [7, 11) is 1.66.